The number of halogens is 1. The Balaban J connectivity index is 0.00000112. The normalized spacial score (nSPS) is 9.67. The van der Waals surface area contributed by atoms with E-state index in [0.717, 1.165) is 10.3 Å². The van der Waals surface area contributed by atoms with Crippen molar-refractivity contribution < 1.29 is 51.4 Å². The number of hydrogen-bond donors (Lipinski definition) is 0. The van der Waals surface area contributed by atoms with Gasteiger partial charge in [0.05, 0.1) is 5.69 Å². The molecule has 0 atom stereocenters. The molecule has 0 aliphatic heterocycles. The summed E-state index contributed by atoms with van der Waals surface area (Å²) in [5, 5.41) is 13.8. The summed E-state index contributed by atoms with van der Waals surface area (Å²) in [6.07, 6.45) is 0. The maximum absolute atomic E-state index is 11.4. The molecule has 0 radical (unpaired) electrons. The van der Waals surface area contributed by atoms with Gasteiger partial charge in [0, 0.05) is 10.4 Å². The minimum absolute atomic E-state index is 0. The number of benzene rings is 1. The van der Waals surface area contributed by atoms with Gasteiger partial charge in [0.25, 0.3) is 0 Å². The number of aromatic nitrogens is 1. The molecule has 0 aliphatic rings. The zero-order valence-electron chi connectivity index (χ0n) is 7.94. The molecule has 72 valence electrons. The predicted molar refractivity (Wildman–Crippen MR) is 62.4 cm³/mol. The first-order chi connectivity index (χ1) is 6.68. The second-order valence-corrected chi connectivity index (χ2v) is 4.63. The van der Waals surface area contributed by atoms with Crippen LogP contribution in [0.1, 0.15) is 0 Å². The first kappa shape index (κ1) is 13.9. The van der Waals surface area contributed by atoms with Gasteiger partial charge in [-0.1, -0.05) is 23.7 Å². The van der Waals surface area contributed by atoms with Gasteiger partial charge in [-0.05, 0) is 29.9 Å². The quantitative estimate of drug-likeness (QED) is 0.575. The van der Waals surface area contributed by atoms with Crippen molar-refractivity contribution in [3.05, 3.63) is 43.8 Å². The molecule has 6 heteroatoms. The molecule has 1 aromatic carbocycles. The van der Waals surface area contributed by atoms with Crippen LogP contribution in [0.4, 0.5) is 0 Å². The Labute approximate surface area is 144 Å². The average molecular weight is 282 g/mol. The first-order valence-corrected chi connectivity index (χ1v) is 5.49. The molecule has 2 aromatic rings. The fraction of sp³-hybridized carbons (Fsp3) is 0. The molecule has 0 saturated carbocycles. The molecular weight excluding hydrogens is 277 g/mol. The molecule has 0 aliphatic carbocycles. The van der Waals surface area contributed by atoms with E-state index in [1.165, 1.54) is 11.3 Å². The second kappa shape index (κ2) is 5.93. The van der Waals surface area contributed by atoms with Gasteiger partial charge >= 0.3 is 51.4 Å². The van der Waals surface area contributed by atoms with E-state index in [-0.39, 0.29) is 51.4 Å². The molecule has 0 N–H and O–H groups in total. The molecule has 15 heavy (non-hydrogen) atoms. The Morgan fingerprint density at radius 3 is 2.33 bits per heavy atom. The van der Waals surface area contributed by atoms with E-state index in [1.807, 2.05) is 0 Å². The fourth-order valence-electron chi connectivity index (χ4n) is 1.11. The summed E-state index contributed by atoms with van der Waals surface area (Å²) in [5.41, 5.74) is 1.41. The van der Waals surface area contributed by atoms with E-state index < -0.39 is 0 Å². The molecule has 0 unspecified atom stereocenters. The van der Waals surface area contributed by atoms with Crippen molar-refractivity contribution in [3.8, 4) is 11.3 Å². The fourth-order valence-corrected chi connectivity index (χ4v) is 2.11. The molecule has 2 nitrogen and oxygen atoms in total. The minimum Gasteiger partial charge on any atom is -0.804 e. The summed E-state index contributed by atoms with van der Waals surface area (Å²) in [6, 6.07) is 7.09. The van der Waals surface area contributed by atoms with Crippen molar-refractivity contribution in [1.29, 1.82) is 0 Å². The summed E-state index contributed by atoms with van der Waals surface area (Å²) in [4.78, 5) is 0. The SMILES string of the molecule is [K+].[O-]n1c(-c2ccc(Cl)cc2)csc1=S. The van der Waals surface area contributed by atoms with E-state index in [1.54, 1.807) is 29.6 Å². The summed E-state index contributed by atoms with van der Waals surface area (Å²) < 4.78 is 1.08. The zero-order chi connectivity index (χ0) is 10.1. The van der Waals surface area contributed by atoms with Gasteiger partial charge in [0.15, 0.2) is 3.95 Å². The van der Waals surface area contributed by atoms with Gasteiger partial charge in [0.1, 0.15) is 0 Å². The van der Waals surface area contributed by atoms with Crippen molar-refractivity contribution >= 4 is 35.2 Å². The van der Waals surface area contributed by atoms with E-state index in [4.69, 9.17) is 23.8 Å². The molecule has 0 fully saturated rings. The number of rotatable bonds is 1. The Morgan fingerprint density at radius 2 is 1.87 bits per heavy atom. The van der Waals surface area contributed by atoms with Gasteiger partial charge < -0.3 is 9.94 Å². The molecule has 0 spiro atoms. The number of nitrogens with zero attached hydrogens (tertiary/aromatic N) is 1. The van der Waals surface area contributed by atoms with Crippen LogP contribution >= 0.6 is 35.2 Å². The molecule has 0 bridgehead atoms. The van der Waals surface area contributed by atoms with Crippen LogP contribution in [0, 0.1) is 9.16 Å². The van der Waals surface area contributed by atoms with Gasteiger partial charge in [0.2, 0.25) is 0 Å². The molecule has 0 amide bonds. The van der Waals surface area contributed by atoms with Crippen molar-refractivity contribution in [2.75, 3.05) is 0 Å². The Bertz CT molecular complexity index is 506. The van der Waals surface area contributed by atoms with Crippen LogP contribution in [0.25, 0.3) is 11.3 Å². The smallest absolute Gasteiger partial charge is 0.804 e. The summed E-state index contributed by atoms with van der Waals surface area (Å²) in [5.74, 6) is 0. The van der Waals surface area contributed by atoms with Gasteiger partial charge in [-0.25, -0.2) is 0 Å². The third-order valence-corrected chi connectivity index (χ3v) is 3.21. The summed E-state index contributed by atoms with van der Waals surface area (Å²) in [7, 11) is 0. The molecule has 0 saturated heterocycles. The van der Waals surface area contributed by atoms with Gasteiger partial charge in [-0.2, -0.15) is 0 Å². The van der Waals surface area contributed by atoms with Crippen LogP contribution in [0.5, 0.6) is 0 Å². The minimum atomic E-state index is 0. The third-order valence-electron chi connectivity index (χ3n) is 1.80. The zero-order valence-corrected chi connectivity index (χ0v) is 13.4. The van der Waals surface area contributed by atoms with Crippen LogP contribution in [0.15, 0.2) is 29.6 Å². The van der Waals surface area contributed by atoms with Crippen molar-refractivity contribution in [3.63, 3.8) is 0 Å². The molecule has 1 aromatic heterocycles. The van der Waals surface area contributed by atoms with Crippen LogP contribution < -0.4 is 51.4 Å². The molecular formula is C9H5ClKNOS2. The van der Waals surface area contributed by atoms with Gasteiger partial charge in [-0.3, -0.25) is 0 Å². The van der Waals surface area contributed by atoms with E-state index in [2.05, 4.69) is 0 Å². The summed E-state index contributed by atoms with van der Waals surface area (Å²) in [6.45, 7) is 0. The second-order valence-electron chi connectivity index (χ2n) is 2.69. The van der Waals surface area contributed by atoms with Gasteiger partial charge in [-0.15, -0.1) is 11.3 Å². The van der Waals surface area contributed by atoms with E-state index in [9.17, 15) is 5.21 Å². The Kier molecular flexibility index (Phi) is 5.48. The number of hydrogen-bond acceptors (Lipinski definition) is 3. The van der Waals surface area contributed by atoms with E-state index >= 15 is 0 Å². The maximum Gasteiger partial charge on any atom is 1.00 e. The maximum atomic E-state index is 11.4. The Hall–Kier alpha value is 0.796. The van der Waals surface area contributed by atoms with Crippen LogP contribution in [-0.2, 0) is 0 Å². The van der Waals surface area contributed by atoms with Crippen LogP contribution in [0.3, 0.4) is 0 Å². The molecule has 1 heterocycles. The van der Waals surface area contributed by atoms with Crippen molar-refractivity contribution in [2.24, 2.45) is 0 Å². The summed E-state index contributed by atoms with van der Waals surface area (Å²) >= 11 is 11.8. The predicted octanol–water partition coefficient (Wildman–Crippen LogP) is 0.949. The third kappa shape index (κ3) is 3.14. The van der Waals surface area contributed by atoms with Crippen molar-refractivity contribution in [2.45, 2.75) is 0 Å². The molecule has 2 rings (SSSR count). The Morgan fingerprint density at radius 1 is 1.27 bits per heavy atom. The standard InChI is InChI=1S/C9H5ClNOS2.K/c10-7-3-1-6(2-4-7)8-5-14-9(13)11(8)12;/h1-5H;/q-1;+1. The topological polar surface area (TPSA) is 28.0 Å². The number of thiazole rings is 1. The first-order valence-electron chi connectivity index (χ1n) is 3.82. The average Bonchev–Trinajstić information content (AvgIpc) is 2.50. The van der Waals surface area contributed by atoms with Crippen LogP contribution in [0.2, 0.25) is 5.02 Å². The van der Waals surface area contributed by atoms with Crippen LogP contribution in [-0.4, -0.2) is 4.73 Å². The largest absolute Gasteiger partial charge is 1.00 e. The van der Waals surface area contributed by atoms with Crippen molar-refractivity contribution in [1.82, 2.24) is 4.73 Å². The monoisotopic (exact) mass is 281 g/mol. The van der Waals surface area contributed by atoms with E-state index in [0.29, 0.717) is 14.7 Å².